The Balaban J connectivity index is 1.83. The third-order valence-corrected chi connectivity index (χ3v) is 5.19. The van der Waals surface area contributed by atoms with Crippen molar-refractivity contribution >= 4 is 35.0 Å². The maximum absolute atomic E-state index is 12.8. The van der Waals surface area contributed by atoms with Crippen LogP contribution in [0.15, 0.2) is 76.3 Å². The van der Waals surface area contributed by atoms with Crippen LogP contribution >= 0.6 is 11.8 Å². The first kappa shape index (κ1) is 20.2. The average molecular weight is 405 g/mol. The third-order valence-electron chi connectivity index (χ3n) is 4.12. The lowest BCUT2D eigenvalue weighted by Gasteiger charge is -2.22. The number of anilines is 2. The van der Waals surface area contributed by atoms with E-state index < -0.39 is 11.9 Å². The van der Waals surface area contributed by atoms with Crippen molar-refractivity contribution < 1.29 is 14.3 Å². The van der Waals surface area contributed by atoms with Gasteiger partial charge in [-0.25, -0.2) is 4.79 Å². The van der Waals surface area contributed by atoms with Crippen molar-refractivity contribution in [1.29, 1.82) is 5.26 Å². The first-order valence-electron chi connectivity index (χ1n) is 8.96. The van der Waals surface area contributed by atoms with E-state index in [9.17, 15) is 14.9 Å². The molecule has 0 radical (unpaired) electrons. The topological polar surface area (TPSA) is 82.4 Å². The smallest absolute Gasteiger partial charge is 0.338 e. The van der Waals surface area contributed by atoms with Gasteiger partial charge >= 0.3 is 5.97 Å². The number of allylic oxidation sites excluding steroid dienone is 1. The molecule has 2 aromatic carbocycles. The summed E-state index contributed by atoms with van der Waals surface area (Å²) in [6, 6.07) is 17.9. The van der Waals surface area contributed by atoms with Crippen LogP contribution in [0.3, 0.4) is 0 Å². The summed E-state index contributed by atoms with van der Waals surface area (Å²) in [5.74, 6) is -0.935. The number of ether oxygens (including phenoxy) is 1. The second-order valence-electron chi connectivity index (χ2n) is 6.09. The quantitative estimate of drug-likeness (QED) is 0.443. The highest BCUT2D eigenvalue weighted by atomic mass is 32.2. The number of nitrogens with zero attached hydrogens (tertiary/aromatic N) is 2. The number of para-hydroxylation sites is 1. The highest BCUT2D eigenvalue weighted by Crippen LogP contribution is 2.40. The second-order valence-corrected chi connectivity index (χ2v) is 6.95. The van der Waals surface area contributed by atoms with E-state index in [1.54, 1.807) is 31.2 Å². The number of hydrogen-bond acceptors (Lipinski definition) is 6. The normalized spacial score (nSPS) is 14.7. The SMILES string of the molecule is CCOC(=O)c1ccc(NC(=O)C(C#N)=C2SC=C(C)N2c2ccccc2)cc1. The van der Waals surface area contributed by atoms with E-state index in [0.29, 0.717) is 22.9 Å². The van der Waals surface area contributed by atoms with E-state index in [4.69, 9.17) is 4.74 Å². The molecule has 146 valence electrons. The number of nitrogens with one attached hydrogen (secondary N) is 1. The van der Waals surface area contributed by atoms with Crippen LogP contribution in [0.2, 0.25) is 0 Å². The van der Waals surface area contributed by atoms with Gasteiger partial charge in [0.2, 0.25) is 0 Å². The van der Waals surface area contributed by atoms with Crippen molar-refractivity contribution in [2.45, 2.75) is 13.8 Å². The Kier molecular flexibility index (Phi) is 6.37. The van der Waals surface area contributed by atoms with E-state index in [1.165, 1.54) is 11.8 Å². The first-order chi connectivity index (χ1) is 14.0. The molecule has 0 aromatic heterocycles. The number of hydrogen-bond donors (Lipinski definition) is 1. The lowest BCUT2D eigenvalue weighted by Crippen LogP contribution is -2.21. The number of nitriles is 1. The number of carbonyl (C=O) groups is 2. The van der Waals surface area contributed by atoms with Crippen LogP contribution in [0.5, 0.6) is 0 Å². The largest absolute Gasteiger partial charge is 0.462 e. The average Bonchev–Trinajstić information content (AvgIpc) is 3.11. The molecule has 0 spiro atoms. The Morgan fingerprint density at radius 3 is 2.45 bits per heavy atom. The van der Waals surface area contributed by atoms with Crippen LogP contribution in [-0.4, -0.2) is 18.5 Å². The van der Waals surface area contributed by atoms with Gasteiger partial charge in [-0.1, -0.05) is 30.0 Å². The molecule has 2 aromatic rings. The molecule has 1 aliphatic heterocycles. The molecule has 0 fully saturated rings. The van der Waals surface area contributed by atoms with Gasteiger partial charge in [0.25, 0.3) is 5.91 Å². The molecule has 7 heteroatoms. The summed E-state index contributed by atoms with van der Waals surface area (Å²) in [6.07, 6.45) is 0. The van der Waals surface area contributed by atoms with Crippen molar-refractivity contribution in [2.75, 3.05) is 16.8 Å². The van der Waals surface area contributed by atoms with Crippen LogP contribution in [-0.2, 0) is 9.53 Å². The summed E-state index contributed by atoms with van der Waals surface area (Å²) in [5.41, 5.74) is 2.69. The fraction of sp³-hybridized carbons (Fsp3) is 0.136. The molecule has 0 saturated heterocycles. The molecule has 1 aliphatic rings. The fourth-order valence-electron chi connectivity index (χ4n) is 2.77. The first-order valence-corrected chi connectivity index (χ1v) is 9.84. The van der Waals surface area contributed by atoms with Crippen molar-refractivity contribution in [3.05, 3.63) is 81.9 Å². The lowest BCUT2D eigenvalue weighted by atomic mass is 10.2. The summed E-state index contributed by atoms with van der Waals surface area (Å²) >= 11 is 1.34. The van der Waals surface area contributed by atoms with Crippen LogP contribution < -0.4 is 10.2 Å². The number of esters is 1. The minimum absolute atomic E-state index is 0.0152. The van der Waals surface area contributed by atoms with E-state index in [-0.39, 0.29) is 5.57 Å². The Hall–Kier alpha value is -3.50. The van der Waals surface area contributed by atoms with Crippen molar-refractivity contribution in [3.63, 3.8) is 0 Å². The minimum Gasteiger partial charge on any atom is -0.462 e. The number of thioether (sulfide) groups is 1. The standard InChI is InChI=1S/C22H19N3O3S/c1-3-28-22(27)16-9-11-17(12-10-16)24-20(26)19(13-23)21-25(15(2)14-29-21)18-7-5-4-6-8-18/h4-12,14H,3H2,1-2H3,(H,24,26). The predicted molar refractivity (Wildman–Crippen MR) is 114 cm³/mol. The molecule has 1 amide bonds. The monoisotopic (exact) mass is 405 g/mol. The zero-order valence-corrected chi connectivity index (χ0v) is 16.8. The van der Waals surface area contributed by atoms with Gasteiger partial charge in [0, 0.05) is 17.1 Å². The van der Waals surface area contributed by atoms with E-state index in [2.05, 4.69) is 5.32 Å². The minimum atomic E-state index is -0.511. The highest BCUT2D eigenvalue weighted by molar-refractivity contribution is 8.06. The molecule has 3 rings (SSSR count). The van der Waals surface area contributed by atoms with Gasteiger partial charge in [-0.2, -0.15) is 5.26 Å². The third kappa shape index (κ3) is 4.50. The van der Waals surface area contributed by atoms with Gasteiger partial charge in [-0.05, 0) is 55.7 Å². The van der Waals surface area contributed by atoms with E-state index >= 15 is 0 Å². The zero-order valence-electron chi connectivity index (χ0n) is 16.0. The number of carbonyl (C=O) groups excluding carboxylic acids is 2. The van der Waals surface area contributed by atoms with Gasteiger partial charge in [0.05, 0.1) is 12.2 Å². The van der Waals surface area contributed by atoms with Crippen molar-refractivity contribution in [1.82, 2.24) is 0 Å². The highest BCUT2D eigenvalue weighted by Gasteiger charge is 2.27. The number of rotatable bonds is 5. The van der Waals surface area contributed by atoms with E-state index in [0.717, 1.165) is 11.4 Å². The Morgan fingerprint density at radius 2 is 1.83 bits per heavy atom. The number of benzene rings is 2. The summed E-state index contributed by atoms with van der Waals surface area (Å²) in [4.78, 5) is 26.4. The molecule has 1 heterocycles. The predicted octanol–water partition coefficient (Wildman–Crippen LogP) is 4.65. The van der Waals surface area contributed by atoms with Gasteiger partial charge in [0.1, 0.15) is 16.7 Å². The Morgan fingerprint density at radius 1 is 1.14 bits per heavy atom. The van der Waals surface area contributed by atoms with Gasteiger partial charge in [-0.3, -0.25) is 4.79 Å². The van der Waals surface area contributed by atoms with Crippen LogP contribution in [0.25, 0.3) is 0 Å². The lowest BCUT2D eigenvalue weighted by molar-refractivity contribution is -0.112. The molecule has 0 bridgehead atoms. The summed E-state index contributed by atoms with van der Waals surface area (Å²) in [7, 11) is 0. The molecule has 0 atom stereocenters. The summed E-state index contributed by atoms with van der Waals surface area (Å²) in [6.45, 7) is 3.95. The number of amides is 1. The maximum atomic E-state index is 12.8. The molecule has 0 aliphatic carbocycles. The Bertz CT molecular complexity index is 1020. The van der Waals surface area contributed by atoms with Crippen LogP contribution in [0.4, 0.5) is 11.4 Å². The summed E-state index contributed by atoms with van der Waals surface area (Å²) < 4.78 is 4.95. The molecular formula is C22H19N3O3S. The van der Waals surface area contributed by atoms with Gasteiger partial charge in [-0.15, -0.1) is 0 Å². The summed E-state index contributed by atoms with van der Waals surface area (Å²) in [5, 5.41) is 14.8. The molecule has 0 saturated carbocycles. The second kappa shape index (κ2) is 9.13. The fourth-order valence-corrected chi connectivity index (χ4v) is 3.77. The van der Waals surface area contributed by atoms with E-state index in [1.807, 2.05) is 53.6 Å². The molecule has 29 heavy (non-hydrogen) atoms. The van der Waals surface area contributed by atoms with Gasteiger partial charge in [0.15, 0.2) is 0 Å². The Labute approximate surface area is 173 Å². The molecule has 1 N–H and O–H groups in total. The van der Waals surface area contributed by atoms with Crippen molar-refractivity contribution in [2.24, 2.45) is 0 Å². The van der Waals surface area contributed by atoms with Crippen molar-refractivity contribution in [3.8, 4) is 6.07 Å². The van der Waals surface area contributed by atoms with Gasteiger partial charge < -0.3 is 15.0 Å². The van der Waals surface area contributed by atoms with Crippen LogP contribution in [0, 0.1) is 11.3 Å². The molecule has 6 nitrogen and oxygen atoms in total. The van der Waals surface area contributed by atoms with Crippen LogP contribution in [0.1, 0.15) is 24.2 Å². The molecule has 0 unspecified atom stereocenters. The zero-order chi connectivity index (χ0) is 20.8. The molecular weight excluding hydrogens is 386 g/mol. The maximum Gasteiger partial charge on any atom is 0.338 e.